The molecule has 2 fully saturated rings. The van der Waals surface area contributed by atoms with Crippen molar-refractivity contribution in [3.8, 4) is 0 Å². The van der Waals surface area contributed by atoms with Gasteiger partial charge in [0, 0.05) is 38.0 Å². The van der Waals surface area contributed by atoms with E-state index in [1.54, 1.807) is 24.1 Å². The van der Waals surface area contributed by atoms with Gasteiger partial charge in [-0.05, 0) is 71.6 Å². The van der Waals surface area contributed by atoms with Crippen molar-refractivity contribution >= 4 is 50.7 Å². The van der Waals surface area contributed by atoms with E-state index in [0.717, 1.165) is 41.0 Å². The van der Waals surface area contributed by atoms with Crippen LogP contribution in [0, 0.1) is 12.8 Å². The summed E-state index contributed by atoms with van der Waals surface area (Å²) >= 11 is 4.72. The van der Waals surface area contributed by atoms with E-state index in [1.165, 1.54) is 11.3 Å². The molecule has 9 heteroatoms. The predicted molar refractivity (Wildman–Crippen MR) is 127 cm³/mol. The highest BCUT2D eigenvalue weighted by molar-refractivity contribution is 9.11. The number of ether oxygens (including phenoxy) is 1. The van der Waals surface area contributed by atoms with E-state index in [-0.39, 0.29) is 30.4 Å². The van der Waals surface area contributed by atoms with Gasteiger partial charge in [0.1, 0.15) is 0 Å². The Bertz CT molecular complexity index is 1030. The Kier molecular flexibility index (Phi) is 6.97. The van der Waals surface area contributed by atoms with Gasteiger partial charge in [-0.15, -0.1) is 11.3 Å². The third kappa shape index (κ3) is 4.60. The first kappa shape index (κ1) is 22.9. The van der Waals surface area contributed by atoms with E-state index in [9.17, 15) is 14.4 Å². The number of methoxy groups -OCH3 is 1. The van der Waals surface area contributed by atoms with Gasteiger partial charge in [-0.1, -0.05) is 0 Å². The number of aryl methyl sites for hydroxylation is 1. The minimum Gasteiger partial charge on any atom is -0.384 e. The smallest absolute Gasteiger partial charge is 0.261 e. The lowest BCUT2D eigenvalue weighted by atomic mass is 10.0. The molecule has 2 aromatic rings. The van der Waals surface area contributed by atoms with Gasteiger partial charge in [0.05, 0.1) is 27.2 Å². The summed E-state index contributed by atoms with van der Waals surface area (Å²) in [5.41, 5.74) is 2.23. The number of benzene rings is 1. The lowest BCUT2D eigenvalue weighted by molar-refractivity contribution is -0.122. The first-order chi connectivity index (χ1) is 15.4. The molecule has 1 aromatic carbocycles. The van der Waals surface area contributed by atoms with Gasteiger partial charge < -0.3 is 19.9 Å². The SMILES string of the molecule is COCC1C(=O)N(c2ccc(C(=O)N3CCCC3)c(C)c2)CC1NC(=O)c1ccc(Br)s1. The fourth-order valence-electron chi connectivity index (χ4n) is 4.35. The predicted octanol–water partition coefficient (Wildman–Crippen LogP) is 3.46. The number of nitrogens with zero attached hydrogens (tertiary/aromatic N) is 2. The summed E-state index contributed by atoms with van der Waals surface area (Å²) in [6.07, 6.45) is 2.09. The number of halogens is 1. The Balaban J connectivity index is 1.52. The molecular formula is C23H26BrN3O4S. The molecule has 0 bridgehead atoms. The van der Waals surface area contributed by atoms with E-state index in [4.69, 9.17) is 4.74 Å². The van der Waals surface area contributed by atoms with Crippen molar-refractivity contribution in [1.29, 1.82) is 0 Å². The molecule has 0 saturated carbocycles. The van der Waals surface area contributed by atoms with Crippen molar-refractivity contribution in [1.82, 2.24) is 10.2 Å². The van der Waals surface area contributed by atoms with Gasteiger partial charge in [-0.3, -0.25) is 14.4 Å². The van der Waals surface area contributed by atoms with Crippen molar-refractivity contribution in [3.05, 3.63) is 50.1 Å². The molecule has 32 heavy (non-hydrogen) atoms. The third-order valence-electron chi connectivity index (χ3n) is 6.05. The molecule has 3 heterocycles. The van der Waals surface area contributed by atoms with Crippen LogP contribution in [0.25, 0.3) is 0 Å². The summed E-state index contributed by atoms with van der Waals surface area (Å²) in [5, 5.41) is 3.00. The van der Waals surface area contributed by atoms with Gasteiger partial charge in [-0.25, -0.2) is 0 Å². The number of hydrogen-bond acceptors (Lipinski definition) is 5. The highest BCUT2D eigenvalue weighted by Crippen LogP contribution is 2.29. The Morgan fingerprint density at radius 1 is 1.22 bits per heavy atom. The van der Waals surface area contributed by atoms with Gasteiger partial charge in [0.25, 0.3) is 11.8 Å². The Morgan fingerprint density at radius 2 is 1.97 bits per heavy atom. The van der Waals surface area contributed by atoms with Crippen LogP contribution in [-0.4, -0.2) is 62.0 Å². The largest absolute Gasteiger partial charge is 0.384 e. The quantitative estimate of drug-likeness (QED) is 0.633. The summed E-state index contributed by atoms with van der Waals surface area (Å²) in [6.45, 7) is 4.06. The minimum absolute atomic E-state index is 0.0452. The molecule has 1 N–H and O–H groups in total. The van der Waals surface area contributed by atoms with Crippen LogP contribution >= 0.6 is 27.3 Å². The van der Waals surface area contributed by atoms with Crippen LogP contribution in [0.5, 0.6) is 0 Å². The van der Waals surface area contributed by atoms with Gasteiger partial charge in [-0.2, -0.15) is 0 Å². The average molecular weight is 520 g/mol. The molecule has 7 nitrogen and oxygen atoms in total. The maximum Gasteiger partial charge on any atom is 0.261 e. The van der Waals surface area contributed by atoms with E-state index in [2.05, 4.69) is 21.2 Å². The minimum atomic E-state index is -0.474. The fourth-order valence-corrected chi connectivity index (χ4v) is 5.64. The van der Waals surface area contributed by atoms with E-state index >= 15 is 0 Å². The van der Waals surface area contributed by atoms with Gasteiger partial charge in [0.15, 0.2) is 0 Å². The topological polar surface area (TPSA) is 79.0 Å². The highest BCUT2D eigenvalue weighted by atomic mass is 79.9. The number of rotatable bonds is 6. The molecule has 0 spiro atoms. The Morgan fingerprint density at radius 3 is 2.59 bits per heavy atom. The van der Waals surface area contributed by atoms with Crippen LogP contribution in [0.4, 0.5) is 5.69 Å². The molecular weight excluding hydrogens is 494 g/mol. The molecule has 4 rings (SSSR count). The molecule has 2 aliphatic rings. The third-order valence-corrected chi connectivity index (χ3v) is 7.68. The molecule has 2 unspecified atom stereocenters. The van der Waals surface area contributed by atoms with Gasteiger partial charge in [0.2, 0.25) is 5.91 Å². The Labute approximate surface area is 199 Å². The van der Waals surface area contributed by atoms with Crippen LogP contribution in [-0.2, 0) is 9.53 Å². The number of nitrogens with one attached hydrogen (secondary N) is 1. The molecule has 170 valence electrons. The maximum absolute atomic E-state index is 13.2. The zero-order valence-electron chi connectivity index (χ0n) is 18.1. The van der Waals surface area contributed by atoms with Gasteiger partial charge >= 0.3 is 0 Å². The molecule has 0 radical (unpaired) electrons. The van der Waals surface area contributed by atoms with Crippen LogP contribution < -0.4 is 10.2 Å². The standard InChI is InChI=1S/C23H26BrN3O4S/c1-14-11-15(5-6-16(14)22(29)26-9-3-4-10-26)27-12-18(17(13-31-2)23(27)30)25-21(28)19-7-8-20(24)32-19/h5-8,11,17-18H,3-4,9-10,12-13H2,1-2H3,(H,25,28). The first-order valence-corrected chi connectivity index (χ1v) is 12.3. The van der Waals surface area contributed by atoms with Crippen molar-refractivity contribution in [2.75, 3.05) is 38.3 Å². The molecule has 1 aromatic heterocycles. The van der Waals surface area contributed by atoms with Crippen LogP contribution in [0.2, 0.25) is 0 Å². The summed E-state index contributed by atoms with van der Waals surface area (Å²) in [7, 11) is 1.55. The number of carbonyl (C=O) groups excluding carboxylic acids is 3. The van der Waals surface area contributed by atoms with E-state index < -0.39 is 5.92 Å². The summed E-state index contributed by atoms with van der Waals surface area (Å²) in [6, 6.07) is 8.71. The monoisotopic (exact) mass is 519 g/mol. The van der Waals surface area contributed by atoms with E-state index in [0.29, 0.717) is 17.0 Å². The van der Waals surface area contributed by atoms with Crippen molar-refractivity contribution in [2.24, 2.45) is 5.92 Å². The molecule has 2 saturated heterocycles. The first-order valence-electron chi connectivity index (χ1n) is 10.7. The van der Waals surface area contributed by atoms with E-state index in [1.807, 2.05) is 30.0 Å². The second-order valence-corrected chi connectivity index (χ2v) is 10.7. The van der Waals surface area contributed by atoms with Crippen molar-refractivity contribution in [2.45, 2.75) is 25.8 Å². The number of thiophene rings is 1. The van der Waals surface area contributed by atoms with Crippen LogP contribution in [0.15, 0.2) is 34.1 Å². The molecule has 0 aliphatic carbocycles. The number of anilines is 1. The fraction of sp³-hybridized carbons (Fsp3) is 0.435. The number of amides is 3. The molecule has 2 aliphatic heterocycles. The van der Waals surface area contributed by atoms with Crippen molar-refractivity contribution < 1.29 is 19.1 Å². The summed E-state index contributed by atoms with van der Waals surface area (Å²) in [4.78, 5) is 42.8. The second kappa shape index (κ2) is 9.72. The zero-order valence-corrected chi connectivity index (χ0v) is 20.5. The summed E-state index contributed by atoms with van der Waals surface area (Å²) in [5.74, 6) is -0.728. The zero-order chi connectivity index (χ0) is 22.8. The number of likely N-dealkylation sites (tertiary alicyclic amines) is 1. The normalized spacial score (nSPS) is 20.8. The number of hydrogen-bond donors (Lipinski definition) is 1. The number of carbonyl (C=O) groups is 3. The maximum atomic E-state index is 13.2. The summed E-state index contributed by atoms with van der Waals surface area (Å²) < 4.78 is 6.15. The highest BCUT2D eigenvalue weighted by Gasteiger charge is 2.42. The second-order valence-electron chi connectivity index (χ2n) is 8.19. The lowest BCUT2D eigenvalue weighted by Gasteiger charge is -2.20. The van der Waals surface area contributed by atoms with Crippen LogP contribution in [0.3, 0.4) is 0 Å². The Hall–Kier alpha value is -2.23. The molecule has 2 atom stereocenters. The molecule has 3 amide bonds. The van der Waals surface area contributed by atoms with Crippen LogP contribution in [0.1, 0.15) is 38.4 Å². The van der Waals surface area contributed by atoms with Crippen molar-refractivity contribution in [3.63, 3.8) is 0 Å². The lowest BCUT2D eigenvalue weighted by Crippen LogP contribution is -2.42. The average Bonchev–Trinajstić information content (AvgIpc) is 3.51.